The van der Waals surface area contributed by atoms with Crippen LogP contribution in [0.4, 0.5) is 5.82 Å². The van der Waals surface area contributed by atoms with E-state index in [2.05, 4.69) is 76.7 Å². The summed E-state index contributed by atoms with van der Waals surface area (Å²) in [7, 11) is 8.48. The second kappa shape index (κ2) is 8.39. The third-order valence-corrected chi connectivity index (χ3v) is 5.50. The summed E-state index contributed by atoms with van der Waals surface area (Å²) in [4.78, 5) is 16.3. The molecule has 1 aliphatic rings. The highest BCUT2D eigenvalue weighted by atomic mass is 16.5. The van der Waals surface area contributed by atoms with Crippen LogP contribution in [0, 0.1) is 0 Å². The number of aromatic nitrogens is 3. The minimum atomic E-state index is 0.243. The van der Waals surface area contributed by atoms with Crippen LogP contribution >= 0.6 is 0 Å². The van der Waals surface area contributed by atoms with Crippen molar-refractivity contribution in [2.75, 3.05) is 52.8 Å². The minimum absolute atomic E-state index is 0.243. The van der Waals surface area contributed by atoms with Crippen LogP contribution in [0.1, 0.15) is 23.9 Å². The quantitative estimate of drug-likeness (QED) is 0.614. The van der Waals surface area contributed by atoms with Crippen molar-refractivity contribution in [2.24, 2.45) is 0 Å². The first-order valence-electron chi connectivity index (χ1n) is 10.1. The van der Waals surface area contributed by atoms with Gasteiger partial charge in [-0.1, -0.05) is 6.07 Å². The van der Waals surface area contributed by atoms with Gasteiger partial charge in [0.15, 0.2) is 0 Å². The van der Waals surface area contributed by atoms with E-state index in [4.69, 9.17) is 9.72 Å². The van der Waals surface area contributed by atoms with E-state index in [1.165, 1.54) is 0 Å². The summed E-state index contributed by atoms with van der Waals surface area (Å²) in [6.45, 7) is 3.46. The van der Waals surface area contributed by atoms with Gasteiger partial charge in [0.1, 0.15) is 17.2 Å². The predicted molar refractivity (Wildman–Crippen MR) is 116 cm³/mol. The lowest BCUT2D eigenvalue weighted by Gasteiger charge is -2.31. The van der Waals surface area contributed by atoms with E-state index >= 15 is 0 Å². The molecule has 3 aromatic heterocycles. The summed E-state index contributed by atoms with van der Waals surface area (Å²) in [6, 6.07) is 10.5. The molecule has 0 bridgehead atoms. The van der Waals surface area contributed by atoms with Crippen molar-refractivity contribution in [1.82, 2.24) is 24.2 Å². The zero-order chi connectivity index (χ0) is 20.4. The van der Waals surface area contributed by atoms with Gasteiger partial charge >= 0.3 is 0 Å². The number of nitrogens with zero attached hydrogens (tertiary/aromatic N) is 6. The highest BCUT2D eigenvalue weighted by molar-refractivity contribution is 5.52. The van der Waals surface area contributed by atoms with Gasteiger partial charge in [-0.25, -0.2) is 4.98 Å². The molecule has 0 saturated heterocycles. The van der Waals surface area contributed by atoms with Gasteiger partial charge in [0, 0.05) is 45.5 Å². The molecular weight excluding hydrogens is 364 g/mol. The van der Waals surface area contributed by atoms with E-state index in [0.29, 0.717) is 0 Å². The first-order chi connectivity index (χ1) is 14.0. The maximum absolute atomic E-state index is 5.77. The number of imidazole rings is 1. The van der Waals surface area contributed by atoms with Crippen LogP contribution in [-0.4, -0.2) is 72.1 Å². The van der Waals surface area contributed by atoms with Crippen molar-refractivity contribution in [1.29, 1.82) is 0 Å². The largest absolute Gasteiger partial charge is 0.492 e. The van der Waals surface area contributed by atoms with Gasteiger partial charge in [-0.05, 0) is 45.4 Å². The molecule has 0 aliphatic carbocycles. The average molecular weight is 395 g/mol. The highest BCUT2D eigenvalue weighted by Gasteiger charge is 2.26. The molecule has 0 fully saturated rings. The lowest BCUT2D eigenvalue weighted by molar-refractivity contribution is 0.155. The van der Waals surface area contributed by atoms with Crippen molar-refractivity contribution in [3.05, 3.63) is 54.1 Å². The van der Waals surface area contributed by atoms with Crippen LogP contribution in [0.25, 0.3) is 5.65 Å². The number of hydrogen-bond acceptors (Lipinski definition) is 6. The van der Waals surface area contributed by atoms with Crippen LogP contribution in [-0.2, 0) is 6.54 Å². The van der Waals surface area contributed by atoms with Gasteiger partial charge in [-0.2, -0.15) is 0 Å². The molecule has 0 N–H and O–H groups in total. The topological polar surface area (TPSA) is 49.1 Å². The molecule has 0 saturated carbocycles. The third kappa shape index (κ3) is 4.21. The number of pyridine rings is 2. The molecule has 1 aliphatic heterocycles. The van der Waals surface area contributed by atoms with E-state index in [1.54, 1.807) is 0 Å². The summed E-state index contributed by atoms with van der Waals surface area (Å²) >= 11 is 0. The lowest BCUT2D eigenvalue weighted by atomic mass is 10.1. The van der Waals surface area contributed by atoms with Crippen LogP contribution in [0.5, 0.6) is 5.75 Å². The molecule has 4 rings (SSSR count). The Balaban J connectivity index is 1.54. The lowest BCUT2D eigenvalue weighted by Crippen LogP contribution is -2.30. The fourth-order valence-electron chi connectivity index (χ4n) is 3.89. The van der Waals surface area contributed by atoms with Crippen LogP contribution < -0.4 is 9.64 Å². The van der Waals surface area contributed by atoms with Crippen molar-refractivity contribution >= 4 is 11.5 Å². The van der Waals surface area contributed by atoms with Gasteiger partial charge in [0.25, 0.3) is 0 Å². The highest BCUT2D eigenvalue weighted by Crippen LogP contribution is 2.34. The second-order valence-corrected chi connectivity index (χ2v) is 8.02. The molecule has 3 aromatic rings. The fourth-order valence-corrected chi connectivity index (χ4v) is 3.89. The Kier molecular flexibility index (Phi) is 5.69. The van der Waals surface area contributed by atoms with Gasteiger partial charge in [0.2, 0.25) is 0 Å². The second-order valence-electron chi connectivity index (χ2n) is 8.02. The van der Waals surface area contributed by atoms with E-state index < -0.39 is 0 Å². The van der Waals surface area contributed by atoms with Gasteiger partial charge in [0.05, 0.1) is 24.0 Å². The van der Waals surface area contributed by atoms with Gasteiger partial charge in [-0.3, -0.25) is 14.3 Å². The summed E-state index contributed by atoms with van der Waals surface area (Å²) in [6.07, 6.45) is 4.94. The zero-order valence-corrected chi connectivity index (χ0v) is 17.7. The van der Waals surface area contributed by atoms with Crippen LogP contribution in [0.3, 0.4) is 0 Å². The Morgan fingerprint density at radius 2 is 1.97 bits per heavy atom. The molecule has 0 amide bonds. The summed E-state index contributed by atoms with van der Waals surface area (Å²) in [5.41, 5.74) is 3.06. The Labute approximate surface area is 172 Å². The number of likely N-dealkylation sites (N-methyl/N-ethyl adjacent to an activating group) is 2. The Morgan fingerprint density at radius 1 is 1.10 bits per heavy atom. The summed E-state index contributed by atoms with van der Waals surface area (Å²) in [5.74, 6) is 2.05. The Morgan fingerprint density at radius 3 is 2.79 bits per heavy atom. The maximum atomic E-state index is 5.77. The molecule has 1 atom stereocenters. The zero-order valence-electron chi connectivity index (χ0n) is 17.7. The van der Waals surface area contributed by atoms with Crippen LogP contribution in [0.2, 0.25) is 0 Å². The molecule has 0 radical (unpaired) electrons. The van der Waals surface area contributed by atoms with E-state index in [9.17, 15) is 0 Å². The third-order valence-electron chi connectivity index (χ3n) is 5.50. The predicted octanol–water partition coefficient (Wildman–Crippen LogP) is 2.68. The molecule has 7 heteroatoms. The molecule has 1 unspecified atom stereocenters. The number of hydrogen-bond donors (Lipinski definition) is 0. The number of rotatable bonds is 7. The first-order valence-corrected chi connectivity index (χ1v) is 10.1. The van der Waals surface area contributed by atoms with E-state index in [1.807, 2.05) is 18.3 Å². The number of ether oxygens (including phenoxy) is 1. The normalized spacial score (nSPS) is 16.3. The monoisotopic (exact) mass is 394 g/mol. The molecule has 7 nitrogen and oxygen atoms in total. The molecular formula is C22H30N6O. The summed E-state index contributed by atoms with van der Waals surface area (Å²) in [5, 5.41) is 0. The van der Waals surface area contributed by atoms with Gasteiger partial charge in [-0.15, -0.1) is 0 Å². The number of anilines is 1. The van der Waals surface area contributed by atoms with Crippen molar-refractivity contribution in [3.63, 3.8) is 0 Å². The smallest absolute Gasteiger partial charge is 0.142 e. The molecule has 4 heterocycles. The molecule has 29 heavy (non-hydrogen) atoms. The maximum Gasteiger partial charge on any atom is 0.142 e. The Hall–Kier alpha value is -2.64. The van der Waals surface area contributed by atoms with Crippen LogP contribution in [0.15, 0.2) is 42.7 Å². The SMILES string of the molecule is CN(C)CCN(C)c1cccc2nc(CN(C)C3CCOc4cccnc43)cn12. The standard InChI is InChI=1S/C22H30N6O/c1-25(2)12-13-26(3)21-9-5-8-20-24-17(16-28(20)21)15-27(4)18-10-14-29-19-7-6-11-23-22(18)19/h5-9,11,16,18H,10,12-15H2,1-4H3. The van der Waals surface area contributed by atoms with Gasteiger partial charge < -0.3 is 14.5 Å². The fraction of sp³-hybridized carbons (Fsp3) is 0.455. The summed E-state index contributed by atoms with van der Waals surface area (Å²) < 4.78 is 7.96. The van der Waals surface area contributed by atoms with Crippen molar-refractivity contribution in [3.8, 4) is 5.75 Å². The van der Waals surface area contributed by atoms with Crippen molar-refractivity contribution in [2.45, 2.75) is 19.0 Å². The van der Waals surface area contributed by atoms with E-state index in [-0.39, 0.29) is 6.04 Å². The molecule has 154 valence electrons. The molecule has 0 spiro atoms. The Bertz CT molecular complexity index is 969. The number of fused-ring (bicyclic) bond motifs is 2. The molecule has 0 aromatic carbocycles. The van der Waals surface area contributed by atoms with E-state index in [0.717, 1.165) is 61.3 Å². The van der Waals surface area contributed by atoms with Crippen molar-refractivity contribution < 1.29 is 4.74 Å². The average Bonchev–Trinajstić information content (AvgIpc) is 3.13. The minimum Gasteiger partial charge on any atom is -0.492 e. The first kappa shape index (κ1) is 19.7.